The third-order valence-corrected chi connectivity index (χ3v) is 4.05. The largest absolute Gasteiger partial charge is 0.481 e. The zero-order valence-electron chi connectivity index (χ0n) is 11.2. The molecule has 0 bridgehead atoms. The number of carboxylic acid groups (broad SMARTS) is 1. The molecule has 0 saturated carbocycles. The first kappa shape index (κ1) is 15.7. The summed E-state index contributed by atoms with van der Waals surface area (Å²) in [5.74, 6) is -1.38. The molecule has 0 aliphatic rings. The van der Waals surface area contributed by atoms with Crippen LogP contribution in [0.15, 0.2) is 23.4 Å². The summed E-state index contributed by atoms with van der Waals surface area (Å²) in [4.78, 5) is 26.4. The van der Waals surface area contributed by atoms with Gasteiger partial charge < -0.3 is 14.4 Å². The van der Waals surface area contributed by atoms with Crippen LogP contribution in [-0.2, 0) is 20.9 Å². The van der Waals surface area contributed by atoms with Gasteiger partial charge in [0, 0.05) is 6.54 Å². The summed E-state index contributed by atoms with van der Waals surface area (Å²) < 4.78 is 6.41. The van der Waals surface area contributed by atoms with E-state index in [9.17, 15) is 9.59 Å². The highest BCUT2D eigenvalue weighted by molar-refractivity contribution is 7.99. The minimum absolute atomic E-state index is 0.112. The van der Waals surface area contributed by atoms with Gasteiger partial charge in [0.25, 0.3) is 0 Å². The molecule has 0 radical (unpaired) electrons. The second-order valence-corrected chi connectivity index (χ2v) is 5.51. The molecule has 2 rings (SSSR count). The van der Waals surface area contributed by atoms with E-state index >= 15 is 0 Å². The van der Waals surface area contributed by atoms with E-state index in [0.29, 0.717) is 22.2 Å². The number of aromatic nitrogens is 2. The Bertz CT molecular complexity index is 686. The normalized spacial score (nSPS) is 10.8. The molecule has 1 heterocycles. The number of ether oxygens (including phenoxy) is 1. The number of hydrogen-bond acceptors (Lipinski definition) is 5. The van der Waals surface area contributed by atoms with Crippen molar-refractivity contribution in [3.8, 4) is 0 Å². The van der Waals surface area contributed by atoms with Crippen molar-refractivity contribution >= 4 is 46.3 Å². The van der Waals surface area contributed by atoms with Crippen LogP contribution in [-0.4, -0.2) is 39.5 Å². The number of halogens is 1. The number of aliphatic carboxylic acids is 1. The summed E-state index contributed by atoms with van der Waals surface area (Å²) in [6.45, 7) is 0.353. The number of nitrogens with zero attached hydrogens (tertiary/aromatic N) is 2. The maximum Gasteiger partial charge on any atom is 0.313 e. The SMILES string of the molecule is COC(=O)CCn1c(SCC(=O)O)nc2c(Cl)cccc21. The van der Waals surface area contributed by atoms with Crippen molar-refractivity contribution in [2.24, 2.45) is 0 Å². The van der Waals surface area contributed by atoms with E-state index in [0.717, 1.165) is 17.3 Å². The molecule has 1 N–H and O–H groups in total. The number of carbonyl (C=O) groups excluding carboxylic acids is 1. The van der Waals surface area contributed by atoms with Crippen LogP contribution in [0.2, 0.25) is 5.02 Å². The Kier molecular flexibility index (Phi) is 5.08. The van der Waals surface area contributed by atoms with Crippen molar-refractivity contribution in [1.29, 1.82) is 0 Å². The van der Waals surface area contributed by atoms with Crippen molar-refractivity contribution in [2.75, 3.05) is 12.9 Å². The van der Waals surface area contributed by atoms with Gasteiger partial charge in [-0.2, -0.15) is 0 Å². The molecule has 0 unspecified atom stereocenters. The molecule has 0 aliphatic carbocycles. The van der Waals surface area contributed by atoms with Gasteiger partial charge in [-0.15, -0.1) is 0 Å². The van der Waals surface area contributed by atoms with E-state index in [-0.39, 0.29) is 18.1 Å². The molecule has 112 valence electrons. The first-order valence-electron chi connectivity index (χ1n) is 6.09. The van der Waals surface area contributed by atoms with E-state index in [1.807, 2.05) is 6.07 Å². The van der Waals surface area contributed by atoms with E-state index in [4.69, 9.17) is 16.7 Å². The number of thioether (sulfide) groups is 1. The maximum absolute atomic E-state index is 11.3. The van der Waals surface area contributed by atoms with Gasteiger partial charge in [-0.05, 0) is 12.1 Å². The van der Waals surface area contributed by atoms with Gasteiger partial charge in [-0.3, -0.25) is 9.59 Å². The van der Waals surface area contributed by atoms with Crippen LogP contribution >= 0.6 is 23.4 Å². The quantitative estimate of drug-likeness (QED) is 0.648. The minimum Gasteiger partial charge on any atom is -0.481 e. The molecule has 2 aromatic rings. The minimum atomic E-state index is -0.933. The molecule has 1 aromatic carbocycles. The number of fused-ring (bicyclic) bond motifs is 1. The molecule has 0 fully saturated rings. The van der Waals surface area contributed by atoms with Crippen molar-refractivity contribution in [3.05, 3.63) is 23.2 Å². The van der Waals surface area contributed by atoms with Crippen LogP contribution in [0.3, 0.4) is 0 Å². The Morgan fingerprint density at radius 1 is 1.48 bits per heavy atom. The van der Waals surface area contributed by atoms with Crippen molar-refractivity contribution in [1.82, 2.24) is 9.55 Å². The van der Waals surface area contributed by atoms with Gasteiger partial charge in [0.2, 0.25) is 0 Å². The first-order chi connectivity index (χ1) is 10.0. The number of aryl methyl sites for hydroxylation is 1. The number of hydrogen-bond donors (Lipinski definition) is 1. The highest BCUT2D eigenvalue weighted by atomic mass is 35.5. The lowest BCUT2D eigenvalue weighted by molar-refractivity contribution is -0.141. The Hall–Kier alpha value is -1.73. The van der Waals surface area contributed by atoms with E-state index < -0.39 is 5.97 Å². The number of carboxylic acids is 1. The fourth-order valence-corrected chi connectivity index (χ4v) is 2.81. The monoisotopic (exact) mass is 328 g/mol. The van der Waals surface area contributed by atoms with Gasteiger partial charge in [-0.1, -0.05) is 29.4 Å². The van der Waals surface area contributed by atoms with Gasteiger partial charge in [0.1, 0.15) is 5.52 Å². The molecular formula is C13H13ClN2O4S. The summed E-state index contributed by atoms with van der Waals surface area (Å²) in [5.41, 5.74) is 1.36. The number of carbonyl (C=O) groups is 2. The zero-order valence-corrected chi connectivity index (χ0v) is 12.8. The second kappa shape index (κ2) is 6.82. The Morgan fingerprint density at radius 2 is 2.24 bits per heavy atom. The molecule has 1 aromatic heterocycles. The Morgan fingerprint density at radius 3 is 2.90 bits per heavy atom. The Labute approximate surface area is 130 Å². The maximum atomic E-state index is 11.3. The van der Waals surface area contributed by atoms with Crippen molar-refractivity contribution in [2.45, 2.75) is 18.1 Å². The van der Waals surface area contributed by atoms with Crippen LogP contribution in [0.5, 0.6) is 0 Å². The summed E-state index contributed by atoms with van der Waals surface area (Å²) in [7, 11) is 1.32. The standard InChI is InChI=1S/C13H13ClN2O4S/c1-20-11(19)5-6-16-9-4-2-3-8(14)12(9)15-13(16)21-7-10(17)18/h2-4H,5-7H2,1H3,(H,17,18). The van der Waals surface area contributed by atoms with Crippen LogP contribution in [0, 0.1) is 0 Å². The van der Waals surface area contributed by atoms with Crippen LogP contribution in [0.4, 0.5) is 0 Å². The summed E-state index contributed by atoms with van der Waals surface area (Å²) >= 11 is 7.19. The fraction of sp³-hybridized carbons (Fsp3) is 0.308. The molecule has 21 heavy (non-hydrogen) atoms. The molecule has 8 heteroatoms. The zero-order chi connectivity index (χ0) is 15.4. The highest BCUT2D eigenvalue weighted by Gasteiger charge is 2.15. The van der Waals surface area contributed by atoms with Gasteiger partial charge in [0.15, 0.2) is 5.16 Å². The lowest BCUT2D eigenvalue weighted by Crippen LogP contribution is -2.08. The number of benzene rings is 1. The van der Waals surface area contributed by atoms with Gasteiger partial charge in [-0.25, -0.2) is 4.98 Å². The van der Waals surface area contributed by atoms with Crippen molar-refractivity contribution < 1.29 is 19.4 Å². The van der Waals surface area contributed by atoms with E-state index in [1.165, 1.54) is 7.11 Å². The average molecular weight is 329 g/mol. The third kappa shape index (κ3) is 3.68. The summed E-state index contributed by atoms with van der Waals surface area (Å²) in [6.07, 6.45) is 0.176. The van der Waals surface area contributed by atoms with Crippen LogP contribution in [0.1, 0.15) is 6.42 Å². The fourth-order valence-electron chi connectivity index (χ4n) is 1.85. The average Bonchev–Trinajstić information content (AvgIpc) is 2.82. The molecule has 0 saturated heterocycles. The van der Waals surface area contributed by atoms with Crippen LogP contribution < -0.4 is 0 Å². The molecule has 0 amide bonds. The number of para-hydroxylation sites is 1. The number of rotatable bonds is 6. The molecule has 0 aliphatic heterocycles. The molecule has 6 nitrogen and oxygen atoms in total. The summed E-state index contributed by atoms with van der Waals surface area (Å²) in [6, 6.07) is 5.33. The number of imidazole rings is 1. The lowest BCUT2D eigenvalue weighted by Gasteiger charge is -2.07. The topological polar surface area (TPSA) is 81.4 Å². The molecule has 0 atom stereocenters. The predicted molar refractivity (Wildman–Crippen MR) is 79.7 cm³/mol. The second-order valence-electron chi connectivity index (χ2n) is 4.16. The third-order valence-electron chi connectivity index (χ3n) is 2.79. The first-order valence-corrected chi connectivity index (χ1v) is 7.45. The van der Waals surface area contributed by atoms with Gasteiger partial charge >= 0.3 is 11.9 Å². The van der Waals surface area contributed by atoms with Crippen molar-refractivity contribution in [3.63, 3.8) is 0 Å². The van der Waals surface area contributed by atoms with Crippen LogP contribution in [0.25, 0.3) is 11.0 Å². The number of methoxy groups -OCH3 is 1. The smallest absolute Gasteiger partial charge is 0.313 e. The lowest BCUT2D eigenvalue weighted by atomic mass is 10.3. The molecular weight excluding hydrogens is 316 g/mol. The van der Waals surface area contributed by atoms with E-state index in [2.05, 4.69) is 9.72 Å². The highest BCUT2D eigenvalue weighted by Crippen LogP contribution is 2.28. The van der Waals surface area contributed by atoms with Gasteiger partial charge in [0.05, 0.1) is 29.8 Å². The number of esters is 1. The predicted octanol–water partition coefficient (Wildman–Crippen LogP) is 2.43. The summed E-state index contributed by atoms with van der Waals surface area (Å²) in [5, 5.41) is 9.80. The molecule has 0 spiro atoms. The van der Waals surface area contributed by atoms with E-state index in [1.54, 1.807) is 16.7 Å². The Balaban J connectivity index is 2.37.